The summed E-state index contributed by atoms with van der Waals surface area (Å²) in [5.41, 5.74) is 1.64. The van der Waals surface area contributed by atoms with Crippen LogP contribution in [0.2, 0.25) is 0 Å². The van der Waals surface area contributed by atoms with Gasteiger partial charge in [-0.2, -0.15) is 5.10 Å². The normalized spacial score (nSPS) is 12.7. The minimum absolute atomic E-state index is 0.0203. The van der Waals surface area contributed by atoms with Crippen molar-refractivity contribution in [2.24, 2.45) is 11.8 Å². The van der Waals surface area contributed by atoms with E-state index in [1.807, 2.05) is 43.7 Å². The average molecular weight is 516 g/mol. The summed E-state index contributed by atoms with van der Waals surface area (Å²) in [6.07, 6.45) is 0.645. The first-order valence-electron chi connectivity index (χ1n) is 12.6. The second-order valence-corrected chi connectivity index (χ2v) is 9.84. The summed E-state index contributed by atoms with van der Waals surface area (Å²) < 4.78 is 13.1. The molecule has 0 saturated heterocycles. The second kappa shape index (κ2) is 13.7. The van der Waals surface area contributed by atoms with Gasteiger partial charge in [0.15, 0.2) is 5.69 Å². The highest BCUT2D eigenvalue weighted by Gasteiger charge is 2.26. The molecule has 0 bridgehead atoms. The first-order chi connectivity index (χ1) is 17.5. The van der Waals surface area contributed by atoms with Gasteiger partial charge in [-0.3, -0.25) is 19.1 Å². The lowest BCUT2D eigenvalue weighted by molar-refractivity contribution is -0.126. The molecule has 1 heterocycles. The standard InChI is InChI=1S/C27H41N5O5/c1-16(2)12-19(13-24(33)29-15-25(34)28-6)30-27(35)20-14-21(32(31-20)18(5)17(3)4)26-22(36-7)10-9-11-23(26)37-8/h9-11,14,16-19H,12-13,15H2,1-8H3,(H,28,34)(H,29,33)(H,30,35). The van der Waals surface area contributed by atoms with Gasteiger partial charge in [0.05, 0.1) is 38.1 Å². The Morgan fingerprint density at radius 3 is 2.14 bits per heavy atom. The zero-order valence-corrected chi connectivity index (χ0v) is 23.2. The molecule has 37 heavy (non-hydrogen) atoms. The lowest BCUT2D eigenvalue weighted by Gasteiger charge is -2.21. The Balaban J connectivity index is 2.41. The van der Waals surface area contributed by atoms with Crippen molar-refractivity contribution in [1.29, 1.82) is 0 Å². The van der Waals surface area contributed by atoms with E-state index in [0.29, 0.717) is 29.2 Å². The fourth-order valence-corrected chi connectivity index (χ4v) is 3.97. The third kappa shape index (κ3) is 7.96. The molecule has 0 fully saturated rings. The number of likely N-dealkylation sites (N-methyl/N-ethyl adjacent to an activating group) is 1. The molecular formula is C27H41N5O5. The Kier molecular flexibility index (Phi) is 11.0. The predicted molar refractivity (Wildman–Crippen MR) is 143 cm³/mol. The van der Waals surface area contributed by atoms with E-state index in [2.05, 4.69) is 34.9 Å². The topological polar surface area (TPSA) is 124 Å². The molecule has 3 N–H and O–H groups in total. The summed E-state index contributed by atoms with van der Waals surface area (Å²) in [7, 11) is 4.68. The number of ether oxygens (including phenoxy) is 2. The van der Waals surface area contributed by atoms with E-state index in [9.17, 15) is 14.4 Å². The van der Waals surface area contributed by atoms with E-state index in [1.54, 1.807) is 20.3 Å². The van der Waals surface area contributed by atoms with E-state index in [-0.39, 0.29) is 54.3 Å². The van der Waals surface area contributed by atoms with Gasteiger partial charge in [-0.05, 0) is 43.4 Å². The average Bonchev–Trinajstić information content (AvgIpc) is 3.30. The fourth-order valence-electron chi connectivity index (χ4n) is 3.97. The molecule has 0 aliphatic carbocycles. The van der Waals surface area contributed by atoms with Crippen molar-refractivity contribution >= 4 is 17.7 Å². The summed E-state index contributed by atoms with van der Waals surface area (Å²) in [6, 6.07) is 6.80. The Morgan fingerprint density at radius 2 is 1.62 bits per heavy atom. The Hall–Kier alpha value is -3.56. The highest BCUT2D eigenvalue weighted by atomic mass is 16.5. The molecule has 0 aliphatic heterocycles. The summed E-state index contributed by atoms with van der Waals surface area (Å²) in [5.74, 6) is 0.712. The Morgan fingerprint density at radius 1 is 1.00 bits per heavy atom. The van der Waals surface area contributed by atoms with E-state index < -0.39 is 6.04 Å². The monoisotopic (exact) mass is 515 g/mol. The lowest BCUT2D eigenvalue weighted by Crippen LogP contribution is -2.42. The number of hydrogen-bond donors (Lipinski definition) is 3. The summed E-state index contributed by atoms with van der Waals surface area (Å²) in [5, 5.41) is 12.7. The molecule has 0 radical (unpaired) electrons. The SMILES string of the molecule is CNC(=O)CNC(=O)CC(CC(C)C)NC(=O)c1cc(-c2c(OC)cccc2OC)n(C(C)C(C)C)n1. The number of hydrogen-bond acceptors (Lipinski definition) is 6. The minimum Gasteiger partial charge on any atom is -0.496 e. The smallest absolute Gasteiger partial charge is 0.272 e. The molecule has 0 saturated carbocycles. The quantitative estimate of drug-likeness (QED) is 0.376. The van der Waals surface area contributed by atoms with Gasteiger partial charge in [-0.15, -0.1) is 0 Å². The molecule has 10 heteroatoms. The molecule has 2 unspecified atom stereocenters. The van der Waals surface area contributed by atoms with Crippen LogP contribution in [0.4, 0.5) is 0 Å². The van der Waals surface area contributed by atoms with Crippen LogP contribution in [0.1, 0.15) is 64.0 Å². The number of methoxy groups -OCH3 is 2. The molecular weight excluding hydrogens is 474 g/mol. The molecule has 2 atom stereocenters. The molecule has 1 aromatic carbocycles. The van der Waals surface area contributed by atoms with Crippen molar-refractivity contribution in [3.05, 3.63) is 30.0 Å². The van der Waals surface area contributed by atoms with Gasteiger partial charge in [-0.25, -0.2) is 0 Å². The summed E-state index contributed by atoms with van der Waals surface area (Å²) in [6.45, 7) is 10.2. The van der Waals surface area contributed by atoms with Crippen LogP contribution in [0.25, 0.3) is 11.3 Å². The van der Waals surface area contributed by atoms with Crippen LogP contribution in [-0.2, 0) is 9.59 Å². The highest BCUT2D eigenvalue weighted by Crippen LogP contribution is 2.40. The first-order valence-corrected chi connectivity index (χ1v) is 12.6. The number of nitrogens with zero attached hydrogens (tertiary/aromatic N) is 2. The van der Waals surface area contributed by atoms with Gasteiger partial charge in [0.2, 0.25) is 11.8 Å². The third-order valence-electron chi connectivity index (χ3n) is 6.25. The number of amides is 3. The fraction of sp³-hybridized carbons (Fsp3) is 0.556. The predicted octanol–water partition coefficient (Wildman–Crippen LogP) is 3.18. The van der Waals surface area contributed by atoms with Crippen molar-refractivity contribution in [3.63, 3.8) is 0 Å². The maximum absolute atomic E-state index is 13.4. The van der Waals surface area contributed by atoms with Crippen LogP contribution in [0.15, 0.2) is 24.3 Å². The van der Waals surface area contributed by atoms with Gasteiger partial charge >= 0.3 is 0 Å². The number of nitrogens with one attached hydrogen (secondary N) is 3. The number of carbonyl (C=O) groups is 3. The van der Waals surface area contributed by atoms with E-state index in [4.69, 9.17) is 9.47 Å². The number of rotatable bonds is 13. The molecule has 0 spiro atoms. The number of carbonyl (C=O) groups excluding carboxylic acids is 3. The molecule has 1 aromatic heterocycles. The van der Waals surface area contributed by atoms with Crippen molar-refractivity contribution in [2.75, 3.05) is 27.8 Å². The molecule has 2 aromatic rings. The molecule has 204 valence electrons. The molecule has 10 nitrogen and oxygen atoms in total. The maximum atomic E-state index is 13.4. The summed E-state index contributed by atoms with van der Waals surface area (Å²) >= 11 is 0. The third-order valence-corrected chi connectivity index (χ3v) is 6.25. The van der Waals surface area contributed by atoms with E-state index in [0.717, 1.165) is 0 Å². The van der Waals surface area contributed by atoms with Crippen LogP contribution >= 0.6 is 0 Å². The van der Waals surface area contributed by atoms with Crippen LogP contribution in [0, 0.1) is 11.8 Å². The van der Waals surface area contributed by atoms with Crippen LogP contribution in [-0.4, -0.2) is 61.4 Å². The largest absolute Gasteiger partial charge is 0.496 e. The summed E-state index contributed by atoms with van der Waals surface area (Å²) in [4.78, 5) is 37.3. The van der Waals surface area contributed by atoms with E-state index in [1.165, 1.54) is 7.05 Å². The van der Waals surface area contributed by atoms with Crippen LogP contribution in [0.3, 0.4) is 0 Å². The second-order valence-electron chi connectivity index (χ2n) is 9.84. The van der Waals surface area contributed by atoms with Crippen LogP contribution < -0.4 is 25.4 Å². The van der Waals surface area contributed by atoms with Crippen molar-refractivity contribution in [2.45, 2.75) is 59.5 Å². The maximum Gasteiger partial charge on any atom is 0.272 e. The number of benzene rings is 1. The highest BCUT2D eigenvalue weighted by molar-refractivity contribution is 5.94. The van der Waals surface area contributed by atoms with Crippen molar-refractivity contribution in [1.82, 2.24) is 25.7 Å². The van der Waals surface area contributed by atoms with Gasteiger partial charge in [0.25, 0.3) is 5.91 Å². The lowest BCUT2D eigenvalue weighted by atomic mass is 10.0. The zero-order valence-electron chi connectivity index (χ0n) is 23.2. The first kappa shape index (κ1) is 29.7. The van der Waals surface area contributed by atoms with Crippen LogP contribution in [0.5, 0.6) is 11.5 Å². The number of aromatic nitrogens is 2. The van der Waals surface area contributed by atoms with Gasteiger partial charge in [0, 0.05) is 19.5 Å². The Labute approximate surface area is 219 Å². The van der Waals surface area contributed by atoms with Gasteiger partial charge in [-0.1, -0.05) is 33.8 Å². The molecule has 2 rings (SSSR count). The minimum atomic E-state index is -0.422. The zero-order chi connectivity index (χ0) is 27.7. The Bertz CT molecular complexity index is 1060. The van der Waals surface area contributed by atoms with Crippen molar-refractivity contribution < 1.29 is 23.9 Å². The van der Waals surface area contributed by atoms with Gasteiger partial charge < -0.3 is 25.4 Å². The molecule has 3 amide bonds. The molecule has 0 aliphatic rings. The van der Waals surface area contributed by atoms with E-state index >= 15 is 0 Å². The van der Waals surface area contributed by atoms with Gasteiger partial charge in [0.1, 0.15) is 11.5 Å². The van der Waals surface area contributed by atoms with Crippen molar-refractivity contribution in [3.8, 4) is 22.8 Å².